The summed E-state index contributed by atoms with van der Waals surface area (Å²) in [6.07, 6.45) is -0.442. The number of anilines is 2. The molecule has 1 aliphatic heterocycles. The molecule has 0 atom stereocenters. The third-order valence-corrected chi connectivity index (χ3v) is 3.52. The Morgan fingerprint density at radius 1 is 1.21 bits per heavy atom. The molecule has 8 nitrogen and oxygen atoms in total. The lowest BCUT2D eigenvalue weighted by Crippen LogP contribution is -2.23. The van der Waals surface area contributed by atoms with Crippen molar-refractivity contribution in [2.75, 3.05) is 23.4 Å². The highest BCUT2D eigenvalue weighted by molar-refractivity contribution is 6.05. The van der Waals surface area contributed by atoms with Crippen LogP contribution in [0.4, 0.5) is 21.9 Å². The zero-order chi connectivity index (χ0) is 17.1. The average molecular weight is 327 g/mol. The van der Waals surface area contributed by atoms with Crippen molar-refractivity contribution in [2.45, 2.75) is 0 Å². The summed E-state index contributed by atoms with van der Waals surface area (Å²) in [6, 6.07) is 12.1. The molecule has 0 aromatic heterocycles. The number of carbonyl (C=O) groups excluding carboxylic acids is 2. The van der Waals surface area contributed by atoms with Crippen molar-refractivity contribution in [1.82, 2.24) is 0 Å². The lowest BCUT2D eigenvalue weighted by atomic mass is 10.1. The van der Waals surface area contributed by atoms with Crippen molar-refractivity contribution in [3.63, 3.8) is 0 Å². The molecule has 0 aliphatic carbocycles. The number of hydrogen-bond donors (Lipinski definition) is 1. The summed E-state index contributed by atoms with van der Waals surface area (Å²) in [5.41, 5.74) is 1.33. The first-order chi connectivity index (χ1) is 11.5. The molecule has 0 bridgehead atoms. The number of ether oxygens (including phenoxy) is 1. The number of carbonyl (C=O) groups is 2. The van der Waals surface area contributed by atoms with Gasteiger partial charge in [0.15, 0.2) is 0 Å². The van der Waals surface area contributed by atoms with Crippen LogP contribution in [-0.2, 0) is 4.74 Å². The van der Waals surface area contributed by atoms with Gasteiger partial charge >= 0.3 is 6.09 Å². The van der Waals surface area contributed by atoms with Gasteiger partial charge in [-0.3, -0.25) is 19.8 Å². The lowest BCUT2D eigenvalue weighted by molar-refractivity contribution is -0.384. The van der Waals surface area contributed by atoms with Crippen molar-refractivity contribution in [2.24, 2.45) is 0 Å². The van der Waals surface area contributed by atoms with Crippen molar-refractivity contribution >= 4 is 29.1 Å². The first-order valence-electron chi connectivity index (χ1n) is 7.15. The average Bonchev–Trinajstić information content (AvgIpc) is 3.01. The van der Waals surface area contributed by atoms with Gasteiger partial charge in [0.05, 0.1) is 11.5 Å². The van der Waals surface area contributed by atoms with Gasteiger partial charge in [0.1, 0.15) is 6.61 Å². The lowest BCUT2D eigenvalue weighted by Gasteiger charge is -2.13. The summed E-state index contributed by atoms with van der Waals surface area (Å²) in [5, 5.41) is 13.3. The maximum atomic E-state index is 12.3. The molecule has 1 heterocycles. The Morgan fingerprint density at radius 3 is 2.58 bits per heavy atom. The summed E-state index contributed by atoms with van der Waals surface area (Å²) in [4.78, 5) is 35.4. The number of nitro groups is 1. The molecular formula is C16H13N3O5. The van der Waals surface area contributed by atoms with E-state index in [1.54, 1.807) is 24.3 Å². The standard InChI is InChI=1S/C16H13N3O5/c20-15(17-12-4-6-13(7-5-12)19(22)23)11-2-1-3-14(10-11)18-8-9-24-16(18)21/h1-7,10H,8-9H2,(H,17,20). The van der Waals surface area contributed by atoms with E-state index in [1.165, 1.54) is 29.2 Å². The molecule has 2 aromatic carbocycles. The van der Waals surface area contributed by atoms with Gasteiger partial charge in [-0.2, -0.15) is 0 Å². The van der Waals surface area contributed by atoms with Crippen molar-refractivity contribution in [1.29, 1.82) is 0 Å². The third-order valence-electron chi connectivity index (χ3n) is 3.52. The summed E-state index contributed by atoms with van der Waals surface area (Å²) in [6.45, 7) is 0.754. The van der Waals surface area contributed by atoms with Crippen LogP contribution < -0.4 is 10.2 Å². The second-order valence-electron chi connectivity index (χ2n) is 5.07. The Balaban J connectivity index is 1.75. The van der Waals surface area contributed by atoms with E-state index in [0.717, 1.165) is 0 Å². The largest absolute Gasteiger partial charge is 0.447 e. The molecule has 8 heteroatoms. The molecule has 0 radical (unpaired) electrons. The van der Waals surface area contributed by atoms with E-state index >= 15 is 0 Å². The van der Waals surface area contributed by atoms with Gasteiger partial charge in [-0.05, 0) is 30.3 Å². The highest BCUT2D eigenvalue weighted by Crippen LogP contribution is 2.21. The van der Waals surface area contributed by atoms with Crippen molar-refractivity contribution in [3.05, 3.63) is 64.2 Å². The van der Waals surface area contributed by atoms with E-state index in [0.29, 0.717) is 30.1 Å². The van der Waals surface area contributed by atoms with Gasteiger partial charge in [-0.1, -0.05) is 6.07 Å². The van der Waals surface area contributed by atoms with E-state index in [2.05, 4.69) is 5.32 Å². The van der Waals surface area contributed by atoms with Crippen LogP contribution in [0.1, 0.15) is 10.4 Å². The van der Waals surface area contributed by atoms with Crippen LogP contribution >= 0.6 is 0 Å². The number of hydrogen-bond acceptors (Lipinski definition) is 5. The number of nitrogens with one attached hydrogen (secondary N) is 1. The zero-order valence-corrected chi connectivity index (χ0v) is 12.5. The van der Waals surface area contributed by atoms with Gasteiger partial charge in [-0.25, -0.2) is 4.79 Å². The monoisotopic (exact) mass is 327 g/mol. The van der Waals surface area contributed by atoms with Crippen molar-refractivity contribution < 1.29 is 19.2 Å². The van der Waals surface area contributed by atoms with Gasteiger partial charge in [-0.15, -0.1) is 0 Å². The number of rotatable bonds is 4. The normalized spacial score (nSPS) is 13.5. The van der Waals surface area contributed by atoms with Crippen LogP contribution in [0.25, 0.3) is 0 Å². The minimum atomic E-state index is -0.510. The van der Waals surface area contributed by atoms with Crippen LogP contribution in [0.15, 0.2) is 48.5 Å². The summed E-state index contributed by atoms with van der Waals surface area (Å²) >= 11 is 0. The Hall–Kier alpha value is -3.42. The molecule has 1 saturated heterocycles. The SMILES string of the molecule is O=C(Nc1ccc([N+](=O)[O-])cc1)c1cccc(N2CCOC2=O)c1. The first kappa shape index (κ1) is 15.5. The number of amides is 2. The summed E-state index contributed by atoms with van der Waals surface area (Å²) in [7, 11) is 0. The van der Waals surface area contributed by atoms with E-state index in [4.69, 9.17) is 4.74 Å². The highest BCUT2D eigenvalue weighted by atomic mass is 16.6. The molecule has 1 N–H and O–H groups in total. The molecule has 2 amide bonds. The fourth-order valence-corrected chi connectivity index (χ4v) is 2.31. The smallest absolute Gasteiger partial charge is 0.414 e. The second-order valence-corrected chi connectivity index (χ2v) is 5.07. The van der Waals surface area contributed by atoms with E-state index < -0.39 is 11.0 Å². The topological polar surface area (TPSA) is 102 Å². The van der Waals surface area contributed by atoms with Crippen LogP contribution in [0, 0.1) is 10.1 Å². The predicted molar refractivity (Wildman–Crippen MR) is 86.2 cm³/mol. The Bertz CT molecular complexity index is 804. The minimum absolute atomic E-state index is 0.0532. The Morgan fingerprint density at radius 2 is 1.96 bits per heavy atom. The van der Waals surface area contributed by atoms with Gasteiger partial charge in [0, 0.05) is 29.1 Å². The molecule has 24 heavy (non-hydrogen) atoms. The number of nitrogens with zero attached hydrogens (tertiary/aromatic N) is 2. The molecule has 0 unspecified atom stereocenters. The Kier molecular flexibility index (Phi) is 4.11. The molecular weight excluding hydrogens is 314 g/mol. The fraction of sp³-hybridized carbons (Fsp3) is 0.125. The van der Waals surface area contributed by atoms with E-state index in [9.17, 15) is 19.7 Å². The number of nitro benzene ring substituents is 1. The van der Waals surface area contributed by atoms with Gasteiger partial charge in [0.2, 0.25) is 0 Å². The highest BCUT2D eigenvalue weighted by Gasteiger charge is 2.24. The predicted octanol–water partition coefficient (Wildman–Crippen LogP) is 2.80. The van der Waals surface area contributed by atoms with Gasteiger partial charge < -0.3 is 10.1 Å². The van der Waals surface area contributed by atoms with Crippen LogP contribution in [0.5, 0.6) is 0 Å². The molecule has 0 saturated carbocycles. The maximum absolute atomic E-state index is 12.3. The second kappa shape index (κ2) is 6.37. The zero-order valence-electron chi connectivity index (χ0n) is 12.5. The van der Waals surface area contributed by atoms with Crippen LogP contribution in [0.3, 0.4) is 0 Å². The molecule has 3 rings (SSSR count). The molecule has 1 fully saturated rings. The third kappa shape index (κ3) is 3.17. The number of cyclic esters (lactones) is 1. The fourth-order valence-electron chi connectivity index (χ4n) is 2.31. The first-order valence-corrected chi connectivity index (χ1v) is 7.15. The minimum Gasteiger partial charge on any atom is -0.447 e. The molecule has 0 spiro atoms. The Labute approximate surface area is 136 Å². The van der Waals surface area contributed by atoms with E-state index in [-0.39, 0.29) is 11.6 Å². The van der Waals surface area contributed by atoms with Crippen LogP contribution in [0.2, 0.25) is 0 Å². The summed E-state index contributed by atoms with van der Waals surface area (Å²) < 4.78 is 4.88. The van der Waals surface area contributed by atoms with Crippen molar-refractivity contribution in [3.8, 4) is 0 Å². The maximum Gasteiger partial charge on any atom is 0.414 e. The number of benzene rings is 2. The summed E-state index contributed by atoms with van der Waals surface area (Å²) in [5.74, 6) is -0.377. The van der Waals surface area contributed by atoms with Gasteiger partial charge in [0.25, 0.3) is 11.6 Å². The van der Waals surface area contributed by atoms with Crippen LogP contribution in [-0.4, -0.2) is 30.1 Å². The quantitative estimate of drug-likeness (QED) is 0.687. The molecule has 122 valence electrons. The molecule has 1 aliphatic rings. The molecule has 2 aromatic rings. The van der Waals surface area contributed by atoms with E-state index in [1.807, 2.05) is 0 Å². The number of non-ortho nitro benzene ring substituents is 1.